The first-order valence-electron chi connectivity index (χ1n) is 17.4. The van der Waals surface area contributed by atoms with Crippen LogP contribution in [0, 0.1) is 0 Å². The Balaban J connectivity index is 1.36. The van der Waals surface area contributed by atoms with Gasteiger partial charge in [-0.15, -0.1) is 11.8 Å². The normalized spacial score (nSPS) is 16.0. The standard InChI is InChI=1S/C42H44N2O8S/c1-4-50-35(45)24-25-53-28-29(2)38-37(42(48)44(38)26-36(46)51-27-30-20-22-34(49-3)23-21-30)43-41(47)40(33-18-12-7-13-19-33)52-39(31-14-8-5-9-15-31)32-16-10-6-11-17-32/h5-23,28,37-40H,4,24-27H2,1-3H3,(H,43,47). The minimum absolute atomic E-state index is 0.0221. The van der Waals surface area contributed by atoms with E-state index in [9.17, 15) is 19.2 Å². The Labute approximate surface area is 314 Å². The lowest BCUT2D eigenvalue weighted by molar-refractivity contribution is -0.162. The molecule has 1 aliphatic heterocycles. The summed E-state index contributed by atoms with van der Waals surface area (Å²) in [6.45, 7) is 3.60. The van der Waals surface area contributed by atoms with E-state index in [4.69, 9.17) is 18.9 Å². The average molecular weight is 737 g/mol. The summed E-state index contributed by atoms with van der Waals surface area (Å²) in [5, 5.41) is 4.80. The lowest BCUT2D eigenvalue weighted by Gasteiger charge is -2.47. The Hall–Kier alpha value is -5.39. The Morgan fingerprint density at radius 3 is 1.96 bits per heavy atom. The summed E-state index contributed by atoms with van der Waals surface area (Å²) in [6.07, 6.45) is -1.45. The maximum absolute atomic E-state index is 14.3. The zero-order chi connectivity index (χ0) is 37.6. The average Bonchev–Trinajstić information content (AvgIpc) is 3.19. The first-order valence-corrected chi connectivity index (χ1v) is 18.5. The van der Waals surface area contributed by atoms with Gasteiger partial charge >= 0.3 is 11.9 Å². The van der Waals surface area contributed by atoms with Crippen LogP contribution in [-0.4, -0.2) is 66.8 Å². The van der Waals surface area contributed by atoms with E-state index in [1.165, 1.54) is 16.7 Å². The minimum Gasteiger partial charge on any atom is -0.497 e. The van der Waals surface area contributed by atoms with Crippen LogP contribution in [0.3, 0.4) is 0 Å². The fourth-order valence-corrected chi connectivity index (χ4v) is 6.77. The molecule has 0 saturated carbocycles. The molecule has 0 aromatic heterocycles. The van der Waals surface area contributed by atoms with E-state index in [1.54, 1.807) is 38.3 Å². The molecule has 1 fully saturated rings. The van der Waals surface area contributed by atoms with Gasteiger partial charge in [-0.2, -0.15) is 0 Å². The zero-order valence-corrected chi connectivity index (χ0v) is 30.8. The molecule has 3 unspecified atom stereocenters. The van der Waals surface area contributed by atoms with Crippen molar-refractivity contribution < 1.29 is 38.1 Å². The highest BCUT2D eigenvalue weighted by Crippen LogP contribution is 2.34. The van der Waals surface area contributed by atoms with Crippen LogP contribution in [0.15, 0.2) is 126 Å². The van der Waals surface area contributed by atoms with Crippen molar-refractivity contribution in [3.05, 3.63) is 148 Å². The lowest BCUT2D eigenvalue weighted by Crippen LogP contribution is -2.72. The molecule has 4 aromatic carbocycles. The van der Waals surface area contributed by atoms with Gasteiger partial charge in [0.15, 0.2) is 6.10 Å². The third kappa shape index (κ3) is 10.6. The van der Waals surface area contributed by atoms with E-state index in [0.29, 0.717) is 23.7 Å². The monoisotopic (exact) mass is 736 g/mol. The molecule has 53 heavy (non-hydrogen) atoms. The van der Waals surface area contributed by atoms with Crippen LogP contribution >= 0.6 is 11.8 Å². The van der Waals surface area contributed by atoms with Crippen molar-refractivity contribution in [2.45, 2.75) is 51.2 Å². The van der Waals surface area contributed by atoms with Gasteiger partial charge < -0.3 is 29.2 Å². The van der Waals surface area contributed by atoms with Crippen molar-refractivity contribution in [2.24, 2.45) is 0 Å². The summed E-state index contributed by atoms with van der Waals surface area (Å²) in [7, 11) is 1.57. The first-order chi connectivity index (χ1) is 25.8. The summed E-state index contributed by atoms with van der Waals surface area (Å²) in [5.41, 5.74) is 3.84. The van der Waals surface area contributed by atoms with Crippen LogP contribution in [0.25, 0.3) is 0 Å². The molecule has 0 aliphatic carbocycles. The molecule has 1 N–H and O–H groups in total. The fourth-order valence-electron chi connectivity index (χ4n) is 5.97. The summed E-state index contributed by atoms with van der Waals surface area (Å²) in [5.74, 6) is -0.676. The molecule has 4 aromatic rings. The number of ether oxygens (including phenoxy) is 4. The largest absolute Gasteiger partial charge is 0.497 e. The highest BCUT2D eigenvalue weighted by molar-refractivity contribution is 8.02. The fraction of sp³-hybridized carbons (Fsp3) is 0.286. The van der Waals surface area contributed by atoms with E-state index < -0.39 is 42.1 Å². The number of nitrogens with zero attached hydrogens (tertiary/aromatic N) is 1. The Morgan fingerprint density at radius 1 is 0.811 bits per heavy atom. The molecule has 1 heterocycles. The van der Waals surface area contributed by atoms with Gasteiger partial charge in [-0.3, -0.25) is 19.2 Å². The molecule has 10 nitrogen and oxygen atoms in total. The molecular weight excluding hydrogens is 693 g/mol. The number of likely N-dealkylation sites (tertiary alicyclic amines) is 1. The van der Waals surface area contributed by atoms with E-state index in [1.807, 2.05) is 103 Å². The van der Waals surface area contributed by atoms with Gasteiger partial charge in [0.1, 0.15) is 31.0 Å². The number of nitrogens with one attached hydrogen (secondary N) is 1. The minimum atomic E-state index is -1.08. The number of methoxy groups -OCH3 is 1. The maximum Gasteiger partial charge on any atom is 0.326 e. The second-order valence-electron chi connectivity index (χ2n) is 12.3. The van der Waals surface area contributed by atoms with Crippen molar-refractivity contribution in [1.82, 2.24) is 10.2 Å². The highest BCUT2D eigenvalue weighted by Gasteiger charge is 2.50. The van der Waals surface area contributed by atoms with E-state index in [-0.39, 0.29) is 25.5 Å². The molecule has 1 saturated heterocycles. The van der Waals surface area contributed by atoms with Gasteiger partial charge in [-0.1, -0.05) is 103 Å². The first kappa shape index (κ1) is 38.8. The van der Waals surface area contributed by atoms with Crippen molar-refractivity contribution in [2.75, 3.05) is 26.0 Å². The second-order valence-corrected chi connectivity index (χ2v) is 13.3. The lowest BCUT2D eigenvalue weighted by atomic mass is 9.89. The van der Waals surface area contributed by atoms with Gasteiger partial charge in [0.2, 0.25) is 5.91 Å². The molecule has 0 spiro atoms. The number of rotatable bonds is 18. The number of hydrogen-bond acceptors (Lipinski definition) is 9. The third-order valence-corrected chi connectivity index (χ3v) is 9.62. The number of benzene rings is 4. The van der Waals surface area contributed by atoms with Crippen LogP contribution in [0.1, 0.15) is 54.7 Å². The van der Waals surface area contributed by atoms with E-state index in [0.717, 1.165) is 22.3 Å². The molecular formula is C42H44N2O8S. The number of thioether (sulfide) groups is 1. The number of carbonyl (C=O) groups is 4. The molecule has 3 atom stereocenters. The smallest absolute Gasteiger partial charge is 0.326 e. The highest BCUT2D eigenvalue weighted by atomic mass is 32.2. The number of amides is 2. The SMILES string of the molecule is CCOC(=O)CCSC=C(C)C1C(NC(=O)C(OC(c2ccccc2)c2ccccc2)c2ccccc2)C(=O)N1CC(=O)OCc1ccc(OC)cc1. The summed E-state index contributed by atoms with van der Waals surface area (Å²) >= 11 is 1.39. The molecule has 5 rings (SSSR count). The second kappa shape index (κ2) is 19.4. The number of hydrogen-bond donors (Lipinski definition) is 1. The van der Waals surface area contributed by atoms with Crippen molar-refractivity contribution in [3.63, 3.8) is 0 Å². The molecule has 1 aliphatic rings. The summed E-state index contributed by atoms with van der Waals surface area (Å²) < 4.78 is 22.4. The number of β-lactam (4-membered cyclic amide) rings is 1. The Morgan fingerprint density at radius 2 is 1.40 bits per heavy atom. The van der Waals surface area contributed by atoms with Crippen molar-refractivity contribution in [3.8, 4) is 5.75 Å². The van der Waals surface area contributed by atoms with Crippen LogP contribution in [-0.2, 0) is 40.0 Å². The predicted octanol–water partition coefficient (Wildman–Crippen LogP) is 6.57. The van der Waals surface area contributed by atoms with Gasteiger partial charge in [-0.25, -0.2) is 0 Å². The van der Waals surface area contributed by atoms with Crippen LogP contribution in [0.2, 0.25) is 0 Å². The van der Waals surface area contributed by atoms with Gasteiger partial charge in [-0.05, 0) is 59.2 Å². The summed E-state index contributed by atoms with van der Waals surface area (Å²) in [4.78, 5) is 54.4. The quantitative estimate of drug-likeness (QED) is 0.0687. The molecule has 2 amide bonds. The van der Waals surface area contributed by atoms with Crippen LogP contribution in [0.4, 0.5) is 0 Å². The van der Waals surface area contributed by atoms with Gasteiger partial charge in [0.25, 0.3) is 5.91 Å². The molecule has 276 valence electrons. The van der Waals surface area contributed by atoms with E-state index in [2.05, 4.69) is 5.32 Å². The maximum atomic E-state index is 14.3. The van der Waals surface area contributed by atoms with Crippen LogP contribution < -0.4 is 10.1 Å². The Bertz CT molecular complexity index is 1800. The number of esters is 2. The molecule has 0 radical (unpaired) electrons. The Kier molecular flexibility index (Phi) is 14.2. The van der Waals surface area contributed by atoms with Gasteiger partial charge in [0.05, 0.1) is 26.2 Å². The zero-order valence-electron chi connectivity index (χ0n) is 30.0. The van der Waals surface area contributed by atoms with Crippen molar-refractivity contribution >= 4 is 35.5 Å². The van der Waals surface area contributed by atoms with Crippen LogP contribution in [0.5, 0.6) is 5.75 Å². The predicted molar refractivity (Wildman–Crippen MR) is 203 cm³/mol. The van der Waals surface area contributed by atoms with Gasteiger partial charge in [0, 0.05) is 5.75 Å². The van der Waals surface area contributed by atoms with Crippen molar-refractivity contribution in [1.29, 1.82) is 0 Å². The molecule has 0 bridgehead atoms. The number of carbonyl (C=O) groups excluding carboxylic acids is 4. The topological polar surface area (TPSA) is 120 Å². The molecule has 11 heteroatoms. The third-order valence-electron chi connectivity index (χ3n) is 8.64. The summed E-state index contributed by atoms with van der Waals surface area (Å²) in [6, 6.07) is 33.9. The van der Waals surface area contributed by atoms with E-state index >= 15 is 0 Å².